The summed E-state index contributed by atoms with van der Waals surface area (Å²) in [6, 6.07) is 5.76. The molecule has 1 atom stereocenters. The molecule has 0 bridgehead atoms. The number of nitrogens with one attached hydrogen (secondary N) is 1. The summed E-state index contributed by atoms with van der Waals surface area (Å²) in [6.07, 6.45) is 6.26. The summed E-state index contributed by atoms with van der Waals surface area (Å²) in [5, 5.41) is 12.6. The summed E-state index contributed by atoms with van der Waals surface area (Å²) in [5.41, 5.74) is 1.89. The first-order valence-corrected chi connectivity index (χ1v) is 8.56. The lowest BCUT2D eigenvalue weighted by Crippen LogP contribution is -2.34. The molecule has 0 aromatic heterocycles. The van der Waals surface area contributed by atoms with Gasteiger partial charge < -0.3 is 4.90 Å². The van der Waals surface area contributed by atoms with E-state index in [1.165, 1.54) is 24.6 Å². The van der Waals surface area contributed by atoms with Gasteiger partial charge in [-0.15, -0.1) is 0 Å². The van der Waals surface area contributed by atoms with Gasteiger partial charge in [-0.05, 0) is 43.2 Å². The number of anilines is 1. The average Bonchev–Trinajstić information content (AvgIpc) is 2.47. The van der Waals surface area contributed by atoms with Crippen LogP contribution >= 0.6 is 23.4 Å². The Labute approximate surface area is 135 Å². The van der Waals surface area contributed by atoms with Crippen molar-refractivity contribution in [2.24, 2.45) is 10.9 Å². The van der Waals surface area contributed by atoms with E-state index >= 15 is 0 Å². The van der Waals surface area contributed by atoms with Gasteiger partial charge in [0.1, 0.15) is 0 Å². The van der Waals surface area contributed by atoms with Gasteiger partial charge >= 0.3 is 0 Å². The second-order valence-electron chi connectivity index (χ2n) is 5.18. The van der Waals surface area contributed by atoms with E-state index in [2.05, 4.69) is 22.1 Å². The lowest BCUT2D eigenvalue weighted by molar-refractivity contribution is 0.447. The molecule has 112 valence electrons. The van der Waals surface area contributed by atoms with Crippen LogP contribution in [0.15, 0.2) is 23.2 Å². The number of rotatable bonds is 2. The van der Waals surface area contributed by atoms with Gasteiger partial charge in [0, 0.05) is 18.1 Å². The van der Waals surface area contributed by atoms with Gasteiger partial charge in [0.2, 0.25) is 0 Å². The molecule has 0 spiro atoms. The Bertz CT molecular complexity index is 567. The van der Waals surface area contributed by atoms with E-state index in [-0.39, 0.29) is 0 Å². The SMILES string of the molecule is CSC(=Nc1cc(Cl)ccc1N1CCCC(C)C1)NC#N. The molecule has 1 aliphatic heterocycles. The first-order valence-electron chi connectivity index (χ1n) is 6.96. The fourth-order valence-corrected chi connectivity index (χ4v) is 3.05. The van der Waals surface area contributed by atoms with E-state index in [0.29, 0.717) is 16.1 Å². The third-order valence-electron chi connectivity index (χ3n) is 3.51. The molecule has 1 aliphatic rings. The van der Waals surface area contributed by atoms with Crippen LogP contribution in [0.1, 0.15) is 19.8 Å². The zero-order valence-electron chi connectivity index (χ0n) is 12.3. The van der Waals surface area contributed by atoms with Gasteiger partial charge in [-0.1, -0.05) is 30.3 Å². The number of halogens is 1. The molecule has 21 heavy (non-hydrogen) atoms. The molecule has 1 saturated heterocycles. The molecule has 2 rings (SSSR count). The molecule has 6 heteroatoms. The monoisotopic (exact) mass is 322 g/mol. The normalized spacial score (nSPS) is 19.2. The number of benzene rings is 1. The lowest BCUT2D eigenvalue weighted by Gasteiger charge is -2.33. The number of piperidine rings is 1. The maximum absolute atomic E-state index is 8.76. The Kier molecular flexibility index (Phi) is 5.77. The Balaban J connectivity index is 2.35. The van der Waals surface area contributed by atoms with Gasteiger partial charge in [-0.2, -0.15) is 5.26 Å². The molecule has 1 fully saturated rings. The number of nitrogens with zero attached hydrogens (tertiary/aromatic N) is 3. The molecule has 1 heterocycles. The zero-order chi connectivity index (χ0) is 15.2. The Morgan fingerprint density at radius 2 is 2.38 bits per heavy atom. The Morgan fingerprint density at radius 3 is 3.05 bits per heavy atom. The molecule has 4 nitrogen and oxygen atoms in total. The summed E-state index contributed by atoms with van der Waals surface area (Å²) < 4.78 is 0. The number of amidine groups is 1. The summed E-state index contributed by atoms with van der Waals surface area (Å²) >= 11 is 7.51. The van der Waals surface area contributed by atoms with E-state index < -0.39 is 0 Å². The highest BCUT2D eigenvalue weighted by atomic mass is 35.5. The molecule has 0 aliphatic carbocycles. The molecular formula is C15H19ClN4S. The van der Waals surface area contributed by atoms with Crippen molar-refractivity contribution in [3.05, 3.63) is 23.2 Å². The summed E-state index contributed by atoms with van der Waals surface area (Å²) in [4.78, 5) is 6.90. The molecule has 0 saturated carbocycles. The fraction of sp³-hybridized carbons (Fsp3) is 0.467. The average molecular weight is 323 g/mol. The Hall–Kier alpha value is -1.38. The van der Waals surface area contributed by atoms with E-state index in [9.17, 15) is 0 Å². The van der Waals surface area contributed by atoms with Crippen LogP contribution in [-0.4, -0.2) is 24.5 Å². The second-order valence-corrected chi connectivity index (χ2v) is 6.42. The van der Waals surface area contributed by atoms with Crippen molar-refractivity contribution in [1.29, 1.82) is 5.26 Å². The van der Waals surface area contributed by atoms with E-state index in [1.54, 1.807) is 0 Å². The van der Waals surface area contributed by atoms with Crippen LogP contribution < -0.4 is 10.2 Å². The lowest BCUT2D eigenvalue weighted by atomic mass is 9.99. The highest BCUT2D eigenvalue weighted by molar-refractivity contribution is 8.13. The third-order valence-corrected chi connectivity index (χ3v) is 4.33. The van der Waals surface area contributed by atoms with Crippen LogP contribution in [0, 0.1) is 17.4 Å². The smallest absolute Gasteiger partial charge is 0.183 e. The maximum atomic E-state index is 8.76. The largest absolute Gasteiger partial charge is 0.370 e. The predicted molar refractivity (Wildman–Crippen MR) is 91.4 cm³/mol. The van der Waals surface area contributed by atoms with Gasteiger partial charge in [0.15, 0.2) is 11.4 Å². The predicted octanol–water partition coefficient (Wildman–Crippen LogP) is 4.00. The van der Waals surface area contributed by atoms with Gasteiger partial charge in [0.05, 0.1) is 11.4 Å². The van der Waals surface area contributed by atoms with Crippen LogP contribution in [0.2, 0.25) is 5.02 Å². The van der Waals surface area contributed by atoms with Crippen molar-refractivity contribution in [1.82, 2.24) is 5.32 Å². The number of nitriles is 1. The van der Waals surface area contributed by atoms with Crippen molar-refractivity contribution in [3.8, 4) is 6.19 Å². The topological polar surface area (TPSA) is 51.4 Å². The zero-order valence-corrected chi connectivity index (χ0v) is 13.8. The summed E-state index contributed by atoms with van der Waals surface area (Å²) in [6.45, 7) is 4.34. The second kappa shape index (κ2) is 7.58. The molecule has 1 aromatic rings. The van der Waals surface area contributed by atoms with Crippen molar-refractivity contribution < 1.29 is 0 Å². The molecule has 1 N–H and O–H groups in total. The minimum Gasteiger partial charge on any atom is -0.370 e. The quantitative estimate of drug-likeness (QED) is 0.387. The first-order chi connectivity index (χ1) is 10.1. The van der Waals surface area contributed by atoms with Crippen LogP contribution in [0.3, 0.4) is 0 Å². The first kappa shape index (κ1) is 16.0. The third kappa shape index (κ3) is 4.29. The Morgan fingerprint density at radius 1 is 1.57 bits per heavy atom. The van der Waals surface area contributed by atoms with Crippen LogP contribution in [0.4, 0.5) is 11.4 Å². The fourth-order valence-electron chi connectivity index (χ4n) is 2.54. The van der Waals surface area contributed by atoms with Gasteiger partial charge in [-0.3, -0.25) is 5.32 Å². The summed E-state index contributed by atoms with van der Waals surface area (Å²) in [5.74, 6) is 0.684. The van der Waals surface area contributed by atoms with Gasteiger partial charge in [-0.25, -0.2) is 4.99 Å². The van der Waals surface area contributed by atoms with E-state index in [4.69, 9.17) is 16.9 Å². The molecule has 0 amide bonds. The minimum atomic E-state index is 0.575. The molecule has 1 aromatic carbocycles. The van der Waals surface area contributed by atoms with Crippen molar-refractivity contribution in [2.45, 2.75) is 19.8 Å². The van der Waals surface area contributed by atoms with Gasteiger partial charge in [0.25, 0.3) is 0 Å². The van der Waals surface area contributed by atoms with Crippen LogP contribution in [-0.2, 0) is 0 Å². The summed E-state index contributed by atoms with van der Waals surface area (Å²) in [7, 11) is 0. The molecule has 1 unspecified atom stereocenters. The number of hydrogen-bond donors (Lipinski definition) is 1. The van der Waals surface area contributed by atoms with Crippen molar-refractivity contribution in [2.75, 3.05) is 24.2 Å². The standard InChI is InChI=1S/C15H19ClN4S/c1-11-4-3-7-20(9-11)14-6-5-12(16)8-13(14)19-15(21-2)18-10-17/h5-6,8,11H,3-4,7,9H2,1-2H3,(H,18,19). The number of hydrogen-bond acceptors (Lipinski definition) is 4. The van der Waals surface area contributed by atoms with E-state index in [1.807, 2.05) is 30.6 Å². The van der Waals surface area contributed by atoms with Crippen LogP contribution in [0.25, 0.3) is 0 Å². The highest BCUT2D eigenvalue weighted by Gasteiger charge is 2.19. The van der Waals surface area contributed by atoms with Crippen molar-refractivity contribution in [3.63, 3.8) is 0 Å². The number of thioether (sulfide) groups is 1. The molecule has 0 radical (unpaired) electrons. The van der Waals surface area contributed by atoms with Crippen molar-refractivity contribution >= 4 is 39.9 Å². The maximum Gasteiger partial charge on any atom is 0.183 e. The van der Waals surface area contributed by atoms with E-state index in [0.717, 1.165) is 24.5 Å². The highest BCUT2D eigenvalue weighted by Crippen LogP contribution is 2.34. The molecular weight excluding hydrogens is 304 g/mol. The van der Waals surface area contributed by atoms with Crippen LogP contribution in [0.5, 0.6) is 0 Å². The number of aliphatic imine (C=N–C) groups is 1. The minimum absolute atomic E-state index is 0.575.